The third-order valence-electron chi connectivity index (χ3n) is 2.94. The second-order valence-corrected chi connectivity index (χ2v) is 6.47. The molecule has 0 amide bonds. The number of rotatable bonds is 7. The molecule has 0 aliphatic carbocycles. The summed E-state index contributed by atoms with van der Waals surface area (Å²) in [6.07, 6.45) is 2.66. The molecular weight excluding hydrogens is 269 g/mol. The van der Waals surface area contributed by atoms with E-state index in [9.17, 15) is 12.8 Å². The van der Waals surface area contributed by atoms with Gasteiger partial charge >= 0.3 is 0 Å². The molecular formula is C13H20FNO3S. The second kappa shape index (κ2) is 6.98. The number of aliphatic hydroxyl groups excluding tert-OH is 1. The van der Waals surface area contributed by atoms with E-state index in [0.29, 0.717) is 12.1 Å². The highest BCUT2D eigenvalue weighted by Crippen LogP contribution is 2.20. The molecule has 0 saturated heterocycles. The SMILES string of the molecule is CCCCCN(C)S(=O)(=O)c1cc(CO)ccc1F. The Morgan fingerprint density at radius 1 is 1.32 bits per heavy atom. The van der Waals surface area contributed by atoms with Crippen LogP contribution in [0.3, 0.4) is 0 Å². The van der Waals surface area contributed by atoms with Gasteiger partial charge in [-0.25, -0.2) is 17.1 Å². The number of benzene rings is 1. The number of hydrogen-bond donors (Lipinski definition) is 1. The zero-order valence-electron chi connectivity index (χ0n) is 11.3. The van der Waals surface area contributed by atoms with Crippen LogP contribution in [0, 0.1) is 5.82 Å². The lowest BCUT2D eigenvalue weighted by molar-refractivity contribution is 0.281. The van der Waals surface area contributed by atoms with E-state index in [1.54, 1.807) is 0 Å². The molecule has 0 fully saturated rings. The molecule has 0 aliphatic rings. The van der Waals surface area contributed by atoms with E-state index in [2.05, 4.69) is 0 Å². The molecule has 0 aromatic heterocycles. The first kappa shape index (κ1) is 16.1. The molecule has 0 radical (unpaired) electrons. The molecule has 4 nitrogen and oxygen atoms in total. The van der Waals surface area contributed by atoms with E-state index in [4.69, 9.17) is 5.11 Å². The highest BCUT2D eigenvalue weighted by Gasteiger charge is 2.24. The Kier molecular flexibility index (Phi) is 5.90. The molecule has 0 atom stereocenters. The Morgan fingerprint density at radius 2 is 2.00 bits per heavy atom. The molecule has 1 N–H and O–H groups in total. The van der Waals surface area contributed by atoms with E-state index in [1.807, 2.05) is 6.92 Å². The summed E-state index contributed by atoms with van der Waals surface area (Å²) in [4.78, 5) is -0.377. The van der Waals surface area contributed by atoms with Gasteiger partial charge in [-0.05, 0) is 24.1 Å². The number of hydrogen-bond acceptors (Lipinski definition) is 3. The zero-order chi connectivity index (χ0) is 14.5. The average Bonchev–Trinajstić information content (AvgIpc) is 2.39. The monoisotopic (exact) mass is 289 g/mol. The fraction of sp³-hybridized carbons (Fsp3) is 0.538. The molecule has 1 aromatic carbocycles. The second-order valence-electron chi connectivity index (χ2n) is 4.46. The quantitative estimate of drug-likeness (QED) is 0.782. The van der Waals surface area contributed by atoms with Crippen LogP contribution in [0.4, 0.5) is 4.39 Å². The van der Waals surface area contributed by atoms with Gasteiger partial charge in [-0.3, -0.25) is 0 Å². The van der Waals surface area contributed by atoms with E-state index in [0.717, 1.165) is 29.6 Å². The Hall–Kier alpha value is -0.980. The van der Waals surface area contributed by atoms with E-state index in [1.165, 1.54) is 19.2 Å². The Balaban J connectivity index is 2.99. The number of aliphatic hydroxyl groups is 1. The minimum atomic E-state index is -3.84. The fourth-order valence-corrected chi connectivity index (χ4v) is 3.04. The molecule has 1 rings (SSSR count). The smallest absolute Gasteiger partial charge is 0.245 e. The molecule has 6 heteroatoms. The first-order chi connectivity index (χ1) is 8.93. The summed E-state index contributed by atoms with van der Waals surface area (Å²) in [5, 5.41) is 9.00. The summed E-state index contributed by atoms with van der Waals surface area (Å²) in [5.41, 5.74) is 0.377. The van der Waals surface area contributed by atoms with Crippen LogP contribution in [-0.4, -0.2) is 31.4 Å². The lowest BCUT2D eigenvalue weighted by Gasteiger charge is -2.17. The van der Waals surface area contributed by atoms with Crippen molar-refractivity contribution >= 4 is 10.0 Å². The van der Waals surface area contributed by atoms with Crippen molar-refractivity contribution in [2.45, 2.75) is 37.7 Å². The summed E-state index contributed by atoms with van der Waals surface area (Å²) >= 11 is 0. The van der Waals surface area contributed by atoms with Gasteiger partial charge in [0.2, 0.25) is 10.0 Å². The minimum Gasteiger partial charge on any atom is -0.392 e. The first-order valence-corrected chi connectivity index (χ1v) is 7.73. The predicted octanol–water partition coefficient (Wildman–Crippen LogP) is 2.13. The molecule has 0 spiro atoms. The molecule has 1 aromatic rings. The third kappa shape index (κ3) is 3.99. The number of sulfonamides is 1. The molecule has 0 unspecified atom stereocenters. The maximum Gasteiger partial charge on any atom is 0.245 e. The largest absolute Gasteiger partial charge is 0.392 e. The van der Waals surface area contributed by atoms with Gasteiger partial charge in [-0.15, -0.1) is 0 Å². The summed E-state index contributed by atoms with van der Waals surface area (Å²) in [6, 6.07) is 3.62. The van der Waals surface area contributed by atoms with Crippen molar-refractivity contribution in [3.63, 3.8) is 0 Å². The predicted molar refractivity (Wildman–Crippen MR) is 71.7 cm³/mol. The van der Waals surface area contributed by atoms with Crippen molar-refractivity contribution in [3.05, 3.63) is 29.6 Å². The van der Waals surface area contributed by atoms with Gasteiger partial charge in [0.15, 0.2) is 0 Å². The number of halogens is 1. The van der Waals surface area contributed by atoms with Crippen LogP contribution in [0.2, 0.25) is 0 Å². The van der Waals surface area contributed by atoms with E-state index in [-0.39, 0.29) is 11.5 Å². The number of unbranched alkanes of at least 4 members (excludes halogenated alkanes) is 2. The number of nitrogens with zero attached hydrogens (tertiary/aromatic N) is 1. The lowest BCUT2D eigenvalue weighted by Crippen LogP contribution is -2.28. The van der Waals surface area contributed by atoms with Gasteiger partial charge in [0.25, 0.3) is 0 Å². The van der Waals surface area contributed by atoms with Gasteiger partial charge in [0.1, 0.15) is 10.7 Å². The standard InChI is InChI=1S/C13H20FNO3S/c1-3-4-5-8-15(2)19(17,18)13-9-11(10-16)6-7-12(13)14/h6-7,9,16H,3-5,8,10H2,1-2H3. The maximum atomic E-state index is 13.7. The highest BCUT2D eigenvalue weighted by atomic mass is 32.2. The molecule has 108 valence electrons. The van der Waals surface area contributed by atoms with Crippen molar-refractivity contribution in [1.82, 2.24) is 4.31 Å². The van der Waals surface area contributed by atoms with Crippen LogP contribution in [0.1, 0.15) is 31.7 Å². The van der Waals surface area contributed by atoms with Crippen molar-refractivity contribution in [1.29, 1.82) is 0 Å². The molecule has 0 heterocycles. The maximum absolute atomic E-state index is 13.7. The van der Waals surface area contributed by atoms with Crippen molar-refractivity contribution < 1.29 is 17.9 Å². The van der Waals surface area contributed by atoms with Gasteiger partial charge in [-0.1, -0.05) is 25.8 Å². The fourth-order valence-electron chi connectivity index (χ4n) is 1.72. The minimum absolute atomic E-state index is 0.317. The van der Waals surface area contributed by atoms with Crippen LogP contribution < -0.4 is 0 Å². The summed E-state index contributed by atoms with van der Waals surface area (Å²) < 4.78 is 39.3. The van der Waals surface area contributed by atoms with Crippen LogP contribution in [-0.2, 0) is 16.6 Å². The Morgan fingerprint density at radius 3 is 2.58 bits per heavy atom. The Bertz CT molecular complexity index is 517. The summed E-state index contributed by atoms with van der Waals surface area (Å²) in [5.74, 6) is -0.792. The van der Waals surface area contributed by atoms with Gasteiger partial charge in [0.05, 0.1) is 6.61 Å². The van der Waals surface area contributed by atoms with Crippen LogP contribution in [0.25, 0.3) is 0 Å². The highest BCUT2D eigenvalue weighted by molar-refractivity contribution is 7.89. The molecule has 0 bridgehead atoms. The zero-order valence-corrected chi connectivity index (χ0v) is 12.1. The van der Waals surface area contributed by atoms with Crippen LogP contribution in [0.5, 0.6) is 0 Å². The lowest BCUT2D eigenvalue weighted by atomic mass is 10.2. The van der Waals surface area contributed by atoms with Gasteiger partial charge in [-0.2, -0.15) is 0 Å². The average molecular weight is 289 g/mol. The van der Waals surface area contributed by atoms with Gasteiger partial charge in [0, 0.05) is 13.6 Å². The van der Waals surface area contributed by atoms with Crippen LogP contribution >= 0.6 is 0 Å². The molecule has 0 saturated carbocycles. The third-order valence-corrected chi connectivity index (χ3v) is 4.81. The Labute approximate surface area is 113 Å². The van der Waals surface area contributed by atoms with Crippen molar-refractivity contribution in [3.8, 4) is 0 Å². The van der Waals surface area contributed by atoms with Crippen molar-refractivity contribution in [2.24, 2.45) is 0 Å². The summed E-state index contributed by atoms with van der Waals surface area (Å²) in [7, 11) is -2.39. The van der Waals surface area contributed by atoms with Gasteiger partial charge < -0.3 is 5.11 Å². The summed E-state index contributed by atoms with van der Waals surface area (Å²) in [6.45, 7) is 2.07. The molecule has 0 aliphatic heterocycles. The van der Waals surface area contributed by atoms with Crippen molar-refractivity contribution in [2.75, 3.05) is 13.6 Å². The van der Waals surface area contributed by atoms with E-state index >= 15 is 0 Å². The van der Waals surface area contributed by atoms with E-state index < -0.39 is 15.8 Å². The molecule has 19 heavy (non-hydrogen) atoms. The topological polar surface area (TPSA) is 57.6 Å². The normalized spacial score (nSPS) is 12.1. The first-order valence-electron chi connectivity index (χ1n) is 6.29. The van der Waals surface area contributed by atoms with Crippen LogP contribution in [0.15, 0.2) is 23.1 Å².